The minimum absolute atomic E-state index is 0.0336. The summed E-state index contributed by atoms with van der Waals surface area (Å²) in [7, 11) is 0. The second-order valence-electron chi connectivity index (χ2n) is 5.69. The summed E-state index contributed by atoms with van der Waals surface area (Å²) in [4.78, 5) is 14.8. The maximum Gasteiger partial charge on any atom is 0.241 e. The molecule has 0 unspecified atom stereocenters. The van der Waals surface area contributed by atoms with Crippen molar-refractivity contribution < 1.29 is 4.79 Å². The Kier molecular flexibility index (Phi) is 4.39. The Labute approximate surface area is 130 Å². The Hall–Kier alpha value is -2.33. The second kappa shape index (κ2) is 6.62. The molecule has 1 atom stereocenters. The minimum Gasteiger partial charge on any atom is -0.397 e. The first-order valence-electron chi connectivity index (χ1n) is 7.67. The van der Waals surface area contributed by atoms with Crippen LogP contribution in [0, 0.1) is 0 Å². The zero-order valence-corrected chi connectivity index (χ0v) is 12.5. The predicted molar refractivity (Wildman–Crippen MR) is 89.4 cm³/mol. The minimum atomic E-state index is -0.0835. The molecule has 2 aromatic carbocycles. The van der Waals surface area contributed by atoms with Crippen LogP contribution in [0.15, 0.2) is 54.6 Å². The SMILES string of the molecule is Nc1ccccc1NC(=O)[C@@H]1CCCN1Cc1ccccc1. The summed E-state index contributed by atoms with van der Waals surface area (Å²) >= 11 is 0. The van der Waals surface area contributed by atoms with Gasteiger partial charge in [0.15, 0.2) is 0 Å². The van der Waals surface area contributed by atoms with E-state index in [2.05, 4.69) is 22.3 Å². The normalized spacial score (nSPS) is 18.3. The van der Waals surface area contributed by atoms with E-state index in [4.69, 9.17) is 5.73 Å². The van der Waals surface area contributed by atoms with Crippen LogP contribution in [0.4, 0.5) is 11.4 Å². The standard InChI is InChI=1S/C18H21N3O/c19-15-9-4-5-10-16(15)20-18(22)17-11-6-12-21(17)13-14-7-2-1-3-8-14/h1-5,7-10,17H,6,11-13,19H2,(H,20,22)/t17-/m0/s1. The molecule has 0 saturated carbocycles. The molecule has 0 aliphatic carbocycles. The molecule has 0 radical (unpaired) electrons. The summed E-state index contributed by atoms with van der Waals surface area (Å²) in [6.07, 6.45) is 1.95. The number of para-hydroxylation sites is 2. The number of benzene rings is 2. The first-order chi connectivity index (χ1) is 10.7. The van der Waals surface area contributed by atoms with Crippen molar-refractivity contribution in [2.24, 2.45) is 0 Å². The lowest BCUT2D eigenvalue weighted by Crippen LogP contribution is -2.39. The average molecular weight is 295 g/mol. The molecular weight excluding hydrogens is 274 g/mol. The number of hydrogen-bond donors (Lipinski definition) is 2. The third kappa shape index (κ3) is 3.28. The largest absolute Gasteiger partial charge is 0.397 e. The molecule has 1 saturated heterocycles. The Morgan fingerprint density at radius 2 is 1.86 bits per heavy atom. The third-order valence-electron chi connectivity index (χ3n) is 4.11. The highest BCUT2D eigenvalue weighted by atomic mass is 16.2. The number of hydrogen-bond acceptors (Lipinski definition) is 3. The molecule has 0 aromatic heterocycles. The fourth-order valence-electron chi connectivity index (χ4n) is 2.96. The van der Waals surface area contributed by atoms with Crippen LogP contribution in [0.3, 0.4) is 0 Å². The van der Waals surface area contributed by atoms with Gasteiger partial charge in [-0.3, -0.25) is 9.69 Å². The molecule has 114 valence electrons. The Bertz CT molecular complexity index is 642. The van der Waals surface area contributed by atoms with Crippen LogP contribution in [-0.2, 0) is 11.3 Å². The highest BCUT2D eigenvalue weighted by molar-refractivity contribution is 5.97. The number of nitrogens with zero attached hydrogens (tertiary/aromatic N) is 1. The van der Waals surface area contributed by atoms with Crippen LogP contribution in [0.25, 0.3) is 0 Å². The number of anilines is 2. The van der Waals surface area contributed by atoms with Gasteiger partial charge in [0.25, 0.3) is 0 Å². The molecule has 0 spiro atoms. The van der Waals surface area contributed by atoms with Crippen molar-refractivity contribution in [3.63, 3.8) is 0 Å². The van der Waals surface area contributed by atoms with Gasteiger partial charge in [0.1, 0.15) is 0 Å². The van der Waals surface area contributed by atoms with Crippen molar-refractivity contribution in [1.82, 2.24) is 4.90 Å². The maximum absolute atomic E-state index is 12.6. The summed E-state index contributed by atoms with van der Waals surface area (Å²) in [5.41, 5.74) is 8.43. The van der Waals surface area contributed by atoms with Gasteiger partial charge >= 0.3 is 0 Å². The van der Waals surface area contributed by atoms with E-state index in [1.807, 2.05) is 36.4 Å². The van der Waals surface area contributed by atoms with Gasteiger partial charge in [0.2, 0.25) is 5.91 Å². The molecule has 1 amide bonds. The molecule has 0 bridgehead atoms. The number of rotatable bonds is 4. The van der Waals surface area contributed by atoms with E-state index in [1.165, 1.54) is 5.56 Å². The molecule has 22 heavy (non-hydrogen) atoms. The van der Waals surface area contributed by atoms with Gasteiger partial charge in [-0.15, -0.1) is 0 Å². The first-order valence-corrected chi connectivity index (χ1v) is 7.67. The topological polar surface area (TPSA) is 58.4 Å². The number of nitrogen functional groups attached to an aromatic ring is 1. The third-order valence-corrected chi connectivity index (χ3v) is 4.11. The van der Waals surface area contributed by atoms with Crippen molar-refractivity contribution in [1.29, 1.82) is 0 Å². The van der Waals surface area contributed by atoms with Gasteiger partial charge in [-0.25, -0.2) is 0 Å². The molecule has 2 aromatic rings. The van der Waals surface area contributed by atoms with Gasteiger partial charge in [-0.05, 0) is 37.1 Å². The van der Waals surface area contributed by atoms with Crippen molar-refractivity contribution in [2.75, 3.05) is 17.6 Å². The molecule has 1 aliphatic heterocycles. The van der Waals surface area contributed by atoms with Gasteiger partial charge in [-0.2, -0.15) is 0 Å². The van der Waals surface area contributed by atoms with Crippen LogP contribution in [-0.4, -0.2) is 23.4 Å². The lowest BCUT2D eigenvalue weighted by atomic mass is 10.1. The van der Waals surface area contributed by atoms with E-state index >= 15 is 0 Å². The maximum atomic E-state index is 12.6. The predicted octanol–water partition coefficient (Wildman–Crippen LogP) is 2.87. The quantitative estimate of drug-likeness (QED) is 0.853. The van der Waals surface area contributed by atoms with E-state index in [9.17, 15) is 4.79 Å². The number of nitrogens with one attached hydrogen (secondary N) is 1. The fraction of sp³-hybridized carbons (Fsp3) is 0.278. The van der Waals surface area contributed by atoms with E-state index in [0.29, 0.717) is 11.4 Å². The zero-order valence-electron chi connectivity index (χ0n) is 12.5. The molecule has 3 N–H and O–H groups in total. The van der Waals surface area contributed by atoms with E-state index in [1.54, 1.807) is 6.07 Å². The summed E-state index contributed by atoms with van der Waals surface area (Å²) < 4.78 is 0. The molecular formula is C18H21N3O. The highest BCUT2D eigenvalue weighted by Gasteiger charge is 2.30. The van der Waals surface area contributed by atoms with E-state index < -0.39 is 0 Å². The summed E-state index contributed by atoms with van der Waals surface area (Å²) in [5.74, 6) is 0.0336. The first kappa shape index (κ1) is 14.6. The van der Waals surface area contributed by atoms with E-state index in [-0.39, 0.29) is 11.9 Å². The number of carbonyl (C=O) groups is 1. The van der Waals surface area contributed by atoms with Gasteiger partial charge < -0.3 is 11.1 Å². The number of likely N-dealkylation sites (tertiary alicyclic amines) is 1. The number of amides is 1. The average Bonchev–Trinajstić information content (AvgIpc) is 2.99. The Balaban J connectivity index is 1.67. The zero-order chi connectivity index (χ0) is 15.4. The molecule has 1 heterocycles. The number of nitrogens with two attached hydrogens (primary N) is 1. The van der Waals surface area contributed by atoms with Crippen molar-refractivity contribution in [2.45, 2.75) is 25.4 Å². The van der Waals surface area contributed by atoms with Crippen LogP contribution >= 0.6 is 0 Å². The Morgan fingerprint density at radius 1 is 1.14 bits per heavy atom. The lowest BCUT2D eigenvalue weighted by Gasteiger charge is -2.24. The van der Waals surface area contributed by atoms with Crippen LogP contribution in [0.2, 0.25) is 0 Å². The Morgan fingerprint density at radius 3 is 2.64 bits per heavy atom. The molecule has 4 heteroatoms. The van der Waals surface area contributed by atoms with Crippen LogP contribution in [0.5, 0.6) is 0 Å². The summed E-state index contributed by atoms with van der Waals surface area (Å²) in [6, 6.07) is 17.6. The van der Waals surface area contributed by atoms with Gasteiger partial charge in [-0.1, -0.05) is 42.5 Å². The molecule has 4 nitrogen and oxygen atoms in total. The van der Waals surface area contributed by atoms with Crippen LogP contribution < -0.4 is 11.1 Å². The van der Waals surface area contributed by atoms with Gasteiger partial charge in [0.05, 0.1) is 17.4 Å². The van der Waals surface area contributed by atoms with E-state index in [0.717, 1.165) is 25.9 Å². The second-order valence-corrected chi connectivity index (χ2v) is 5.69. The van der Waals surface area contributed by atoms with Gasteiger partial charge in [0, 0.05) is 6.54 Å². The fourth-order valence-corrected chi connectivity index (χ4v) is 2.96. The lowest BCUT2D eigenvalue weighted by molar-refractivity contribution is -0.120. The monoisotopic (exact) mass is 295 g/mol. The molecule has 3 rings (SSSR count). The van der Waals surface area contributed by atoms with Crippen LogP contribution in [0.1, 0.15) is 18.4 Å². The smallest absolute Gasteiger partial charge is 0.241 e. The van der Waals surface area contributed by atoms with Crippen molar-refractivity contribution in [3.8, 4) is 0 Å². The number of carbonyl (C=O) groups excluding carboxylic acids is 1. The summed E-state index contributed by atoms with van der Waals surface area (Å²) in [6.45, 7) is 1.76. The van der Waals surface area contributed by atoms with Crippen molar-refractivity contribution in [3.05, 3.63) is 60.2 Å². The summed E-state index contributed by atoms with van der Waals surface area (Å²) in [5, 5.41) is 2.96. The van der Waals surface area contributed by atoms with Crippen molar-refractivity contribution >= 4 is 17.3 Å². The molecule has 1 fully saturated rings. The molecule has 1 aliphatic rings. The highest BCUT2D eigenvalue weighted by Crippen LogP contribution is 2.23.